The fourth-order valence-electron chi connectivity index (χ4n) is 8.04. The Morgan fingerprint density at radius 2 is 1.28 bits per heavy atom. The summed E-state index contributed by atoms with van der Waals surface area (Å²) < 4.78 is 16.2. The van der Waals surface area contributed by atoms with Gasteiger partial charge in [0.15, 0.2) is 6.79 Å². The molecular weight excluding hydrogens is 723 g/mol. The molecule has 0 bridgehead atoms. The van der Waals surface area contributed by atoms with E-state index in [4.69, 9.17) is 24.2 Å². The molecule has 5 atom stereocenters. The molecular formula is C43H51N9O5. The van der Waals surface area contributed by atoms with Gasteiger partial charge in [-0.1, -0.05) is 62.4 Å². The number of hydrogen-bond acceptors (Lipinski definition) is 10. The summed E-state index contributed by atoms with van der Waals surface area (Å²) in [4.78, 5) is 52.2. The van der Waals surface area contributed by atoms with Gasteiger partial charge in [-0.2, -0.15) is 0 Å². The monoisotopic (exact) mass is 773 g/mol. The van der Waals surface area contributed by atoms with E-state index in [-0.39, 0.29) is 48.8 Å². The summed E-state index contributed by atoms with van der Waals surface area (Å²) in [5.41, 5.74) is 6.86. The summed E-state index contributed by atoms with van der Waals surface area (Å²) in [5.74, 6) is 1.69. The molecule has 0 spiro atoms. The standard InChI is InChI=1S/C43H51N9O5/c1-26(2)37(47-32-8-5-19-44-22-32)41(53)51-20-6-9-35(51)39-45-23-33(48-39)30-15-11-28(12-16-30)29-13-17-31(18-14-29)34-24-46-40(49-34)36-10-7-21-52(36)42(54)38(27(3)55-4)50-43-56-25-57-43/h5,8,11-19,22-24,26-27,35-38,43,47,50H,6-7,9-10,20-21,25H2,1-4H3,(H,45,48)(H,46,49)/t27-,35+,36+,37+,38+/m1/s1. The Hall–Kier alpha value is -5.41. The predicted molar refractivity (Wildman–Crippen MR) is 215 cm³/mol. The van der Waals surface area contributed by atoms with Gasteiger partial charge in [-0.25, -0.2) is 9.97 Å². The third-order valence-corrected chi connectivity index (χ3v) is 11.4. The molecule has 57 heavy (non-hydrogen) atoms. The van der Waals surface area contributed by atoms with Gasteiger partial charge in [-0.05, 0) is 72.9 Å². The van der Waals surface area contributed by atoms with Gasteiger partial charge in [0.2, 0.25) is 18.2 Å². The van der Waals surface area contributed by atoms with Crippen molar-refractivity contribution in [3.05, 3.63) is 97.1 Å². The van der Waals surface area contributed by atoms with Crippen LogP contribution in [-0.2, 0) is 23.8 Å². The second-order valence-corrected chi connectivity index (χ2v) is 15.4. The van der Waals surface area contributed by atoms with E-state index in [2.05, 4.69) is 88.0 Å². The van der Waals surface area contributed by atoms with Crippen LogP contribution in [0.1, 0.15) is 70.2 Å². The first-order chi connectivity index (χ1) is 27.8. The molecule has 2 amide bonds. The highest BCUT2D eigenvalue weighted by Crippen LogP contribution is 2.35. The van der Waals surface area contributed by atoms with Crippen molar-refractivity contribution in [3.8, 4) is 33.6 Å². The lowest BCUT2D eigenvalue weighted by atomic mass is 10.0. The number of anilines is 1. The third kappa shape index (κ3) is 8.21. The summed E-state index contributed by atoms with van der Waals surface area (Å²) in [6, 6.07) is 19.4. The lowest BCUT2D eigenvalue weighted by molar-refractivity contribution is -0.336. The van der Waals surface area contributed by atoms with Gasteiger partial charge in [0.1, 0.15) is 23.7 Å². The fraction of sp³-hybridized carbons (Fsp3) is 0.419. The molecule has 2 aromatic carbocycles. The van der Waals surface area contributed by atoms with E-state index in [0.717, 1.165) is 76.7 Å². The Bertz CT molecular complexity index is 2120. The molecule has 3 aliphatic rings. The SMILES string of the molecule is CO[C@H](C)[C@H](NC1OCO1)C(=O)N1CCC[C@H]1c1ncc(-c2ccc(-c3ccc(-c4cnc([C@@H]5CCCN5C(=O)[C@@H](Nc5cccnc5)C(C)C)[nH]4)cc3)cc2)[nH]1. The van der Waals surface area contributed by atoms with Crippen molar-refractivity contribution in [1.82, 2.24) is 40.0 Å². The number of methoxy groups -OCH3 is 1. The van der Waals surface area contributed by atoms with Crippen molar-refractivity contribution < 1.29 is 23.8 Å². The quantitative estimate of drug-likeness (QED) is 0.101. The van der Waals surface area contributed by atoms with E-state index < -0.39 is 12.5 Å². The number of H-pyrrole nitrogens is 2. The third-order valence-electron chi connectivity index (χ3n) is 11.4. The molecule has 3 aromatic heterocycles. The average Bonchev–Trinajstić information content (AvgIpc) is 4.06. The van der Waals surface area contributed by atoms with Crippen LogP contribution in [0, 0.1) is 5.92 Å². The summed E-state index contributed by atoms with van der Waals surface area (Å²) >= 11 is 0. The Morgan fingerprint density at radius 3 is 1.74 bits per heavy atom. The second kappa shape index (κ2) is 17.0. The Balaban J connectivity index is 0.909. The molecule has 0 unspecified atom stereocenters. The average molecular weight is 774 g/mol. The van der Waals surface area contributed by atoms with Crippen LogP contribution in [0.5, 0.6) is 0 Å². The van der Waals surface area contributed by atoms with Crippen molar-refractivity contribution in [2.45, 2.75) is 83.1 Å². The first kappa shape index (κ1) is 38.5. The van der Waals surface area contributed by atoms with Crippen molar-refractivity contribution in [1.29, 1.82) is 0 Å². The number of pyridine rings is 1. The predicted octanol–water partition coefficient (Wildman–Crippen LogP) is 6.27. The van der Waals surface area contributed by atoms with Crippen molar-refractivity contribution in [2.75, 3.05) is 32.3 Å². The minimum absolute atomic E-state index is 0.0647. The zero-order chi connectivity index (χ0) is 39.5. The number of nitrogens with one attached hydrogen (secondary N) is 4. The molecule has 0 saturated carbocycles. The van der Waals surface area contributed by atoms with Crippen LogP contribution < -0.4 is 10.6 Å². The molecule has 3 aliphatic heterocycles. The molecule has 4 N–H and O–H groups in total. The first-order valence-electron chi connectivity index (χ1n) is 19.9. The minimum atomic E-state index is -0.614. The molecule has 3 fully saturated rings. The fourth-order valence-corrected chi connectivity index (χ4v) is 8.04. The van der Waals surface area contributed by atoms with Gasteiger partial charge >= 0.3 is 0 Å². The number of ether oxygens (including phenoxy) is 3. The maximum atomic E-state index is 13.9. The van der Waals surface area contributed by atoms with Crippen molar-refractivity contribution in [2.24, 2.45) is 5.92 Å². The van der Waals surface area contributed by atoms with E-state index in [0.29, 0.717) is 13.1 Å². The first-order valence-corrected chi connectivity index (χ1v) is 19.9. The Morgan fingerprint density at radius 1 is 0.754 bits per heavy atom. The highest BCUT2D eigenvalue weighted by atomic mass is 16.9. The number of benzene rings is 2. The number of likely N-dealkylation sites (tertiary alicyclic amines) is 2. The summed E-state index contributed by atoms with van der Waals surface area (Å²) in [6.45, 7) is 7.54. The maximum absolute atomic E-state index is 13.9. The zero-order valence-electron chi connectivity index (χ0n) is 32.9. The van der Waals surface area contributed by atoms with Crippen LogP contribution in [0.25, 0.3) is 33.6 Å². The number of hydrogen-bond donors (Lipinski definition) is 4. The summed E-state index contributed by atoms with van der Waals surface area (Å²) in [6.07, 6.45) is 9.69. The molecule has 6 heterocycles. The van der Waals surface area contributed by atoms with E-state index in [1.54, 1.807) is 19.5 Å². The van der Waals surface area contributed by atoms with Crippen LogP contribution in [0.2, 0.25) is 0 Å². The Labute approximate surface area is 332 Å². The van der Waals surface area contributed by atoms with E-state index >= 15 is 0 Å². The van der Waals surface area contributed by atoms with Crippen LogP contribution in [0.3, 0.4) is 0 Å². The number of nitrogens with zero attached hydrogens (tertiary/aromatic N) is 5. The molecule has 0 aliphatic carbocycles. The van der Waals surface area contributed by atoms with E-state index in [1.165, 1.54) is 0 Å². The Kier molecular flexibility index (Phi) is 11.5. The lowest BCUT2D eigenvalue weighted by Crippen LogP contribution is -2.58. The number of rotatable bonds is 14. The second-order valence-electron chi connectivity index (χ2n) is 15.4. The lowest BCUT2D eigenvalue weighted by Gasteiger charge is -2.35. The normalized spacial score (nSPS) is 20.1. The number of imidazole rings is 2. The summed E-state index contributed by atoms with van der Waals surface area (Å²) in [5, 5.41) is 6.54. The largest absolute Gasteiger partial charge is 0.380 e. The molecule has 5 aromatic rings. The smallest absolute Gasteiger partial charge is 0.245 e. The van der Waals surface area contributed by atoms with Crippen molar-refractivity contribution >= 4 is 17.5 Å². The van der Waals surface area contributed by atoms with Crippen LogP contribution in [-0.4, -0.2) is 98.1 Å². The number of aromatic nitrogens is 5. The van der Waals surface area contributed by atoms with Gasteiger partial charge in [0, 0.05) is 32.6 Å². The molecule has 14 heteroatoms. The van der Waals surface area contributed by atoms with Crippen LogP contribution in [0.15, 0.2) is 85.5 Å². The van der Waals surface area contributed by atoms with Gasteiger partial charge < -0.3 is 39.3 Å². The van der Waals surface area contributed by atoms with Crippen LogP contribution in [0.4, 0.5) is 5.69 Å². The minimum Gasteiger partial charge on any atom is -0.380 e. The van der Waals surface area contributed by atoms with E-state index in [9.17, 15) is 9.59 Å². The molecule has 3 saturated heterocycles. The highest BCUT2D eigenvalue weighted by molar-refractivity contribution is 5.86. The number of amides is 2. The van der Waals surface area contributed by atoms with Gasteiger partial charge in [-0.15, -0.1) is 0 Å². The number of carbonyl (C=O) groups excluding carboxylic acids is 2. The maximum Gasteiger partial charge on any atom is 0.245 e. The number of carbonyl (C=O) groups is 2. The number of aromatic amines is 2. The molecule has 298 valence electrons. The van der Waals surface area contributed by atoms with Gasteiger partial charge in [0.25, 0.3) is 0 Å². The van der Waals surface area contributed by atoms with Crippen LogP contribution >= 0.6 is 0 Å². The van der Waals surface area contributed by atoms with Gasteiger partial charge in [-0.3, -0.25) is 19.9 Å². The van der Waals surface area contributed by atoms with E-state index in [1.807, 2.05) is 41.2 Å². The zero-order valence-corrected chi connectivity index (χ0v) is 32.9. The van der Waals surface area contributed by atoms with Crippen molar-refractivity contribution in [3.63, 3.8) is 0 Å². The molecule has 0 radical (unpaired) electrons. The topological polar surface area (TPSA) is 163 Å². The van der Waals surface area contributed by atoms with Gasteiger partial charge in [0.05, 0.1) is 47.7 Å². The highest BCUT2D eigenvalue weighted by Gasteiger charge is 2.40. The summed E-state index contributed by atoms with van der Waals surface area (Å²) in [7, 11) is 1.59. The molecule has 8 rings (SSSR count). The molecule has 14 nitrogen and oxygen atoms in total.